The van der Waals surface area contributed by atoms with Crippen LogP contribution in [0.1, 0.15) is 39.5 Å². The van der Waals surface area contributed by atoms with E-state index < -0.39 is 23.5 Å². The van der Waals surface area contributed by atoms with Gasteiger partial charge in [-0.05, 0) is 36.3 Å². The number of amides is 1. The lowest BCUT2D eigenvalue weighted by molar-refractivity contribution is -0.117. The zero-order valence-electron chi connectivity index (χ0n) is 18.8. The number of Topliss-reactive ketones (excluding diaryl/α,β-unsaturated/α-hetero) is 1. The average Bonchev–Trinajstić information content (AvgIpc) is 3.35. The summed E-state index contributed by atoms with van der Waals surface area (Å²) >= 11 is 1.05. The number of methoxy groups -OCH3 is 1. The maximum Gasteiger partial charge on any atom is 0.296 e. The largest absolute Gasteiger partial charge is 0.503 e. The van der Waals surface area contributed by atoms with E-state index >= 15 is 0 Å². The van der Waals surface area contributed by atoms with Gasteiger partial charge in [0.2, 0.25) is 0 Å². The molecule has 2 aromatic carbocycles. The first-order valence-corrected chi connectivity index (χ1v) is 11.3. The zero-order chi connectivity index (χ0) is 24.4. The summed E-state index contributed by atoms with van der Waals surface area (Å²) in [6.07, 6.45) is 2.96. The summed E-state index contributed by atoms with van der Waals surface area (Å²) in [6, 6.07) is 15.2. The molecule has 0 fully saturated rings. The standard InChI is InChI=1S/C26H22N2O5S/c1-15-24(16(2)29)34-26(27-15)28-22(18-10-12-19(33-3)13-11-18)21(23(31)25(28)32)20(30)14-9-17-7-5-4-6-8-17/h4-14,22,31H,1-3H3/b14-9+. The summed E-state index contributed by atoms with van der Waals surface area (Å²) in [4.78, 5) is 44.5. The van der Waals surface area contributed by atoms with Gasteiger partial charge in [-0.2, -0.15) is 0 Å². The summed E-state index contributed by atoms with van der Waals surface area (Å²) < 4.78 is 5.22. The first-order valence-electron chi connectivity index (χ1n) is 10.5. The third-order valence-electron chi connectivity index (χ3n) is 5.44. The molecule has 34 heavy (non-hydrogen) atoms. The molecule has 1 aromatic heterocycles. The summed E-state index contributed by atoms with van der Waals surface area (Å²) in [6.45, 7) is 3.11. The van der Waals surface area contributed by atoms with Crippen LogP contribution in [0.25, 0.3) is 6.08 Å². The van der Waals surface area contributed by atoms with E-state index in [1.807, 2.05) is 30.3 Å². The molecule has 2 heterocycles. The molecule has 0 saturated carbocycles. The van der Waals surface area contributed by atoms with Crippen LogP contribution in [0.4, 0.5) is 5.13 Å². The van der Waals surface area contributed by atoms with Gasteiger partial charge in [0, 0.05) is 6.92 Å². The van der Waals surface area contributed by atoms with Gasteiger partial charge in [-0.15, -0.1) is 0 Å². The number of carbonyl (C=O) groups excluding carboxylic acids is 3. The van der Waals surface area contributed by atoms with Crippen LogP contribution in [0, 0.1) is 6.92 Å². The van der Waals surface area contributed by atoms with Gasteiger partial charge in [-0.25, -0.2) is 4.98 Å². The molecule has 1 aliphatic rings. The average molecular weight is 475 g/mol. The number of thiazole rings is 1. The molecule has 1 aliphatic heterocycles. The van der Waals surface area contributed by atoms with Gasteiger partial charge < -0.3 is 9.84 Å². The molecule has 4 rings (SSSR count). The normalized spacial score (nSPS) is 15.9. The first-order chi connectivity index (χ1) is 16.3. The molecule has 1 N–H and O–H groups in total. The topological polar surface area (TPSA) is 96.8 Å². The van der Waals surface area contributed by atoms with Gasteiger partial charge in [0.25, 0.3) is 5.91 Å². The predicted molar refractivity (Wildman–Crippen MR) is 130 cm³/mol. The molecule has 3 aromatic rings. The van der Waals surface area contributed by atoms with Crippen molar-refractivity contribution in [3.05, 3.63) is 93.7 Å². The Hall–Kier alpha value is -4.04. The fourth-order valence-electron chi connectivity index (χ4n) is 3.79. The second-order valence-electron chi connectivity index (χ2n) is 7.69. The van der Waals surface area contributed by atoms with Crippen LogP contribution in [0.15, 0.2) is 72.0 Å². The van der Waals surface area contributed by atoms with Crippen molar-refractivity contribution < 1.29 is 24.2 Å². The highest BCUT2D eigenvalue weighted by Gasteiger charge is 2.45. The number of hydrogen-bond acceptors (Lipinski definition) is 7. The predicted octanol–water partition coefficient (Wildman–Crippen LogP) is 4.85. The summed E-state index contributed by atoms with van der Waals surface area (Å²) in [7, 11) is 1.54. The number of rotatable bonds is 7. The monoisotopic (exact) mass is 474 g/mol. The van der Waals surface area contributed by atoms with Crippen molar-refractivity contribution in [1.82, 2.24) is 4.98 Å². The molecule has 172 valence electrons. The molecule has 0 saturated heterocycles. The van der Waals surface area contributed by atoms with Crippen LogP contribution < -0.4 is 9.64 Å². The number of aryl methyl sites for hydroxylation is 1. The molecule has 0 radical (unpaired) electrons. The highest BCUT2D eigenvalue weighted by atomic mass is 32.1. The maximum absolute atomic E-state index is 13.3. The lowest BCUT2D eigenvalue weighted by Crippen LogP contribution is -2.30. The number of aliphatic hydroxyl groups is 1. The maximum atomic E-state index is 13.3. The number of aromatic nitrogens is 1. The molecule has 0 aliphatic carbocycles. The minimum absolute atomic E-state index is 0.0559. The Morgan fingerprint density at radius 1 is 1.12 bits per heavy atom. The van der Waals surface area contributed by atoms with Gasteiger partial charge in [0.15, 0.2) is 22.5 Å². The molecule has 0 spiro atoms. The minimum Gasteiger partial charge on any atom is -0.503 e. The van der Waals surface area contributed by atoms with Crippen LogP contribution in [-0.4, -0.2) is 34.7 Å². The fourth-order valence-corrected chi connectivity index (χ4v) is 4.78. The van der Waals surface area contributed by atoms with Crippen LogP contribution >= 0.6 is 11.3 Å². The molecule has 1 amide bonds. The van der Waals surface area contributed by atoms with Crippen LogP contribution in [0.3, 0.4) is 0 Å². The SMILES string of the molecule is COc1ccc(C2C(C(=O)/C=C/c3ccccc3)=C(O)C(=O)N2c2nc(C)c(C(C)=O)s2)cc1. The fraction of sp³-hybridized carbons (Fsp3) is 0.154. The van der Waals surface area contributed by atoms with Crippen LogP contribution in [0.5, 0.6) is 5.75 Å². The van der Waals surface area contributed by atoms with E-state index in [2.05, 4.69) is 4.98 Å². The van der Waals surface area contributed by atoms with Crippen molar-refractivity contribution in [3.63, 3.8) is 0 Å². The van der Waals surface area contributed by atoms with Crippen molar-refractivity contribution in [2.45, 2.75) is 19.9 Å². The number of aliphatic hydroxyl groups excluding tert-OH is 1. The number of nitrogens with zero attached hydrogens (tertiary/aromatic N) is 2. The Labute approximate surface area is 200 Å². The van der Waals surface area contributed by atoms with E-state index in [1.54, 1.807) is 37.3 Å². The van der Waals surface area contributed by atoms with Crippen molar-refractivity contribution in [2.24, 2.45) is 0 Å². The molecular weight excluding hydrogens is 452 g/mol. The third kappa shape index (κ3) is 4.27. The molecule has 7 nitrogen and oxygen atoms in total. The summed E-state index contributed by atoms with van der Waals surface area (Å²) in [5.41, 5.74) is 1.82. The van der Waals surface area contributed by atoms with Gasteiger partial charge in [0.05, 0.1) is 29.3 Å². The Balaban J connectivity index is 1.80. The number of ketones is 2. The lowest BCUT2D eigenvalue weighted by Gasteiger charge is -2.24. The molecule has 1 unspecified atom stereocenters. The van der Waals surface area contributed by atoms with Crippen LogP contribution in [0.2, 0.25) is 0 Å². The Morgan fingerprint density at radius 3 is 2.38 bits per heavy atom. The van der Waals surface area contributed by atoms with Gasteiger partial charge >= 0.3 is 0 Å². The van der Waals surface area contributed by atoms with Crippen molar-refractivity contribution in [1.29, 1.82) is 0 Å². The number of allylic oxidation sites excluding steroid dienone is 1. The van der Waals surface area contributed by atoms with Crippen LogP contribution in [-0.2, 0) is 9.59 Å². The minimum atomic E-state index is -0.920. The van der Waals surface area contributed by atoms with Gasteiger partial charge in [-0.1, -0.05) is 59.9 Å². The molecule has 1 atom stereocenters. The second kappa shape index (κ2) is 9.44. The van der Waals surface area contributed by atoms with Crippen molar-refractivity contribution in [3.8, 4) is 5.75 Å². The van der Waals surface area contributed by atoms with Crippen molar-refractivity contribution in [2.75, 3.05) is 12.0 Å². The smallest absolute Gasteiger partial charge is 0.296 e. The van der Waals surface area contributed by atoms with Gasteiger partial charge in [-0.3, -0.25) is 19.3 Å². The number of ether oxygens (including phenoxy) is 1. The van der Waals surface area contributed by atoms with E-state index in [9.17, 15) is 19.5 Å². The molecule has 0 bridgehead atoms. The van der Waals surface area contributed by atoms with E-state index in [1.165, 1.54) is 25.0 Å². The second-order valence-corrected chi connectivity index (χ2v) is 8.67. The quantitative estimate of drug-likeness (QED) is 0.389. The first kappa shape index (κ1) is 23.1. The van der Waals surface area contributed by atoms with Gasteiger partial charge in [0.1, 0.15) is 5.75 Å². The highest BCUT2D eigenvalue weighted by Crippen LogP contribution is 2.43. The number of carbonyl (C=O) groups is 3. The van der Waals surface area contributed by atoms with E-state index in [0.29, 0.717) is 21.9 Å². The highest BCUT2D eigenvalue weighted by molar-refractivity contribution is 7.17. The Kier molecular flexibility index (Phi) is 6.43. The zero-order valence-corrected chi connectivity index (χ0v) is 19.6. The van der Waals surface area contributed by atoms with E-state index in [-0.39, 0.29) is 16.5 Å². The number of anilines is 1. The number of benzene rings is 2. The van der Waals surface area contributed by atoms with E-state index in [0.717, 1.165) is 16.9 Å². The van der Waals surface area contributed by atoms with Crippen molar-refractivity contribution >= 4 is 40.0 Å². The number of hydrogen-bond donors (Lipinski definition) is 1. The lowest BCUT2D eigenvalue weighted by atomic mass is 9.95. The van der Waals surface area contributed by atoms with E-state index in [4.69, 9.17) is 4.74 Å². The summed E-state index contributed by atoms with van der Waals surface area (Å²) in [5.74, 6) is -1.46. The molecular formula is C26H22N2O5S. The Bertz CT molecular complexity index is 1320. The third-order valence-corrected chi connectivity index (χ3v) is 6.70. The summed E-state index contributed by atoms with van der Waals surface area (Å²) in [5, 5.41) is 11.0. The molecule has 8 heteroatoms. The Morgan fingerprint density at radius 2 is 1.79 bits per heavy atom.